The largest absolute Gasteiger partial charge is 0.356 e. The minimum atomic E-state index is -0.863. The number of nitrogens with zero attached hydrogens (tertiary/aromatic N) is 1. The number of aryl methyl sites for hydroxylation is 1. The van der Waals surface area contributed by atoms with Crippen molar-refractivity contribution in [3.8, 4) is 0 Å². The Morgan fingerprint density at radius 1 is 1.23 bits per heavy atom. The van der Waals surface area contributed by atoms with Crippen LogP contribution in [-0.2, 0) is 16.8 Å². The van der Waals surface area contributed by atoms with Crippen molar-refractivity contribution >= 4 is 38.4 Å². The lowest BCUT2D eigenvalue weighted by Crippen LogP contribution is -2.53. The van der Waals surface area contributed by atoms with E-state index in [-0.39, 0.29) is 11.9 Å². The van der Waals surface area contributed by atoms with Gasteiger partial charge in [0.2, 0.25) is 0 Å². The van der Waals surface area contributed by atoms with Crippen molar-refractivity contribution in [2.75, 3.05) is 11.9 Å². The highest BCUT2D eigenvalue weighted by molar-refractivity contribution is 9.10. The van der Waals surface area contributed by atoms with Gasteiger partial charge in [0.05, 0.1) is 5.69 Å². The number of H-pyrrole nitrogens is 1. The highest BCUT2D eigenvalue weighted by atomic mass is 79.9. The number of aromatic amines is 1. The van der Waals surface area contributed by atoms with Gasteiger partial charge in [-0.05, 0) is 49.6 Å². The van der Waals surface area contributed by atoms with Gasteiger partial charge < -0.3 is 9.88 Å². The molecule has 1 spiro atoms. The summed E-state index contributed by atoms with van der Waals surface area (Å²) in [4.78, 5) is 19.0. The number of rotatable bonds is 0. The van der Waals surface area contributed by atoms with Gasteiger partial charge in [-0.2, -0.15) is 0 Å². The molecule has 0 saturated heterocycles. The molecule has 2 N–H and O–H groups in total. The molecule has 2 atom stereocenters. The molecule has 4 nitrogen and oxygen atoms in total. The van der Waals surface area contributed by atoms with Crippen LogP contribution in [0.25, 0.3) is 10.9 Å². The molecule has 1 aromatic heterocycles. The highest BCUT2D eigenvalue weighted by Gasteiger charge is 2.54. The average molecular weight is 410 g/mol. The maximum Gasteiger partial charge on any atom is 0.257 e. The first-order valence-corrected chi connectivity index (χ1v) is 9.77. The van der Waals surface area contributed by atoms with E-state index in [1.54, 1.807) is 4.90 Å². The smallest absolute Gasteiger partial charge is 0.257 e. The Bertz CT molecular complexity index is 1060. The van der Waals surface area contributed by atoms with Crippen LogP contribution in [0.1, 0.15) is 30.2 Å². The maximum atomic E-state index is 13.6. The van der Waals surface area contributed by atoms with Gasteiger partial charge in [-0.25, -0.2) is 0 Å². The highest BCUT2D eigenvalue weighted by Crippen LogP contribution is 2.48. The number of carbonyl (C=O) groups is 1. The summed E-state index contributed by atoms with van der Waals surface area (Å²) in [6, 6.07) is 14.7. The number of halogens is 1. The van der Waals surface area contributed by atoms with Crippen molar-refractivity contribution in [1.29, 1.82) is 0 Å². The normalized spacial score (nSPS) is 24.8. The zero-order valence-corrected chi connectivity index (χ0v) is 16.4. The first kappa shape index (κ1) is 16.1. The summed E-state index contributed by atoms with van der Waals surface area (Å²) >= 11 is 3.60. The standard InChI is InChI=1S/C21H20BrN3O/c1-12-7-9-15-14-5-3-4-6-17(14)23-19(15)21(24-12)16-11-13(22)8-10-18(16)25(2)20(21)26/h3-6,8,10-12,23-24H,7,9H2,1-2H3. The predicted molar refractivity (Wildman–Crippen MR) is 108 cm³/mol. The number of amides is 1. The van der Waals surface area contributed by atoms with Crippen molar-refractivity contribution < 1.29 is 4.79 Å². The van der Waals surface area contributed by atoms with E-state index in [4.69, 9.17) is 0 Å². The molecule has 2 aliphatic rings. The summed E-state index contributed by atoms with van der Waals surface area (Å²) in [5.74, 6) is 0.0761. The molecule has 1 amide bonds. The maximum absolute atomic E-state index is 13.6. The molecule has 3 aromatic rings. The van der Waals surface area contributed by atoms with Crippen LogP contribution in [-0.4, -0.2) is 24.0 Å². The Morgan fingerprint density at radius 2 is 2.04 bits per heavy atom. The van der Waals surface area contributed by atoms with Crippen LogP contribution in [0.15, 0.2) is 46.9 Å². The van der Waals surface area contributed by atoms with Gasteiger partial charge in [0.15, 0.2) is 5.54 Å². The predicted octanol–water partition coefficient (Wildman–Crippen LogP) is 4.07. The molecule has 2 unspecified atom stereocenters. The number of aromatic nitrogens is 1. The first-order valence-electron chi connectivity index (χ1n) is 8.98. The summed E-state index contributed by atoms with van der Waals surface area (Å²) in [5.41, 5.74) is 4.46. The first-order chi connectivity index (χ1) is 12.5. The quantitative estimate of drug-likeness (QED) is 0.587. The Morgan fingerprint density at radius 3 is 2.88 bits per heavy atom. The summed E-state index contributed by atoms with van der Waals surface area (Å²) < 4.78 is 0.982. The third kappa shape index (κ3) is 1.96. The fraction of sp³-hybridized carbons (Fsp3) is 0.286. The second-order valence-corrected chi connectivity index (χ2v) is 8.30. The van der Waals surface area contributed by atoms with Gasteiger partial charge in [-0.3, -0.25) is 10.1 Å². The number of hydrogen-bond acceptors (Lipinski definition) is 2. The molecule has 0 aliphatic carbocycles. The molecule has 0 bridgehead atoms. The molecular weight excluding hydrogens is 390 g/mol. The number of carbonyl (C=O) groups excluding carboxylic acids is 1. The third-order valence-corrected chi connectivity index (χ3v) is 6.32. The number of fused-ring (bicyclic) bond motifs is 6. The second-order valence-electron chi connectivity index (χ2n) is 7.38. The second kappa shape index (κ2) is 5.44. The fourth-order valence-corrected chi connectivity index (χ4v) is 4.97. The van der Waals surface area contributed by atoms with E-state index in [0.717, 1.165) is 39.8 Å². The Balaban J connectivity index is 1.89. The number of anilines is 1. The molecule has 26 heavy (non-hydrogen) atoms. The van der Waals surface area contributed by atoms with Crippen LogP contribution in [0.5, 0.6) is 0 Å². The molecule has 3 heterocycles. The van der Waals surface area contributed by atoms with Gasteiger partial charge in [0.1, 0.15) is 0 Å². The number of hydrogen-bond donors (Lipinski definition) is 2. The molecule has 0 radical (unpaired) electrons. The number of benzene rings is 2. The van der Waals surface area contributed by atoms with Gasteiger partial charge in [0.25, 0.3) is 5.91 Å². The number of likely N-dealkylation sites (N-methyl/N-ethyl adjacent to an activating group) is 1. The fourth-order valence-electron chi connectivity index (χ4n) is 4.61. The van der Waals surface area contributed by atoms with Crippen LogP contribution in [0.2, 0.25) is 0 Å². The Hall–Kier alpha value is -2.11. The summed E-state index contributed by atoms with van der Waals surface area (Å²) in [7, 11) is 1.86. The van der Waals surface area contributed by atoms with Crippen molar-refractivity contribution in [3.05, 3.63) is 63.8 Å². The van der Waals surface area contributed by atoms with E-state index in [9.17, 15) is 4.79 Å². The molecule has 132 valence electrons. The van der Waals surface area contributed by atoms with Gasteiger partial charge in [0, 0.05) is 39.7 Å². The Labute approximate surface area is 160 Å². The monoisotopic (exact) mass is 409 g/mol. The summed E-state index contributed by atoms with van der Waals surface area (Å²) in [5, 5.41) is 4.91. The average Bonchev–Trinajstić information content (AvgIpc) is 3.04. The molecule has 2 aliphatic heterocycles. The lowest BCUT2D eigenvalue weighted by Gasteiger charge is -2.31. The van der Waals surface area contributed by atoms with E-state index in [1.165, 1.54) is 10.9 Å². The van der Waals surface area contributed by atoms with Crippen LogP contribution < -0.4 is 10.2 Å². The van der Waals surface area contributed by atoms with Gasteiger partial charge in [-0.1, -0.05) is 34.1 Å². The minimum Gasteiger partial charge on any atom is -0.356 e. The Kier molecular flexibility index (Phi) is 3.37. The third-order valence-electron chi connectivity index (χ3n) is 5.83. The van der Waals surface area contributed by atoms with E-state index >= 15 is 0 Å². The number of nitrogens with one attached hydrogen (secondary N) is 2. The molecule has 2 aromatic carbocycles. The van der Waals surface area contributed by atoms with E-state index in [2.05, 4.69) is 57.4 Å². The van der Waals surface area contributed by atoms with Crippen LogP contribution in [0, 0.1) is 0 Å². The van der Waals surface area contributed by atoms with E-state index < -0.39 is 5.54 Å². The minimum absolute atomic E-state index is 0.0761. The van der Waals surface area contributed by atoms with Crippen LogP contribution >= 0.6 is 15.9 Å². The number of para-hydroxylation sites is 1. The lowest BCUT2D eigenvalue weighted by molar-refractivity contribution is -0.122. The van der Waals surface area contributed by atoms with Gasteiger partial charge >= 0.3 is 0 Å². The van der Waals surface area contributed by atoms with Crippen LogP contribution in [0.3, 0.4) is 0 Å². The molecule has 5 rings (SSSR count). The van der Waals surface area contributed by atoms with Crippen LogP contribution in [0.4, 0.5) is 5.69 Å². The van der Waals surface area contributed by atoms with Gasteiger partial charge in [-0.15, -0.1) is 0 Å². The van der Waals surface area contributed by atoms with Crippen molar-refractivity contribution in [1.82, 2.24) is 10.3 Å². The zero-order valence-electron chi connectivity index (χ0n) is 14.8. The summed E-state index contributed by atoms with van der Waals surface area (Å²) in [6.45, 7) is 2.17. The van der Waals surface area contributed by atoms with E-state index in [0.29, 0.717) is 0 Å². The van der Waals surface area contributed by atoms with E-state index in [1.807, 2.05) is 25.2 Å². The van der Waals surface area contributed by atoms with Crippen molar-refractivity contribution in [2.24, 2.45) is 0 Å². The van der Waals surface area contributed by atoms with Crippen molar-refractivity contribution in [3.63, 3.8) is 0 Å². The molecule has 5 heteroatoms. The van der Waals surface area contributed by atoms with Crippen molar-refractivity contribution in [2.45, 2.75) is 31.3 Å². The lowest BCUT2D eigenvalue weighted by atomic mass is 9.85. The topological polar surface area (TPSA) is 48.1 Å². The summed E-state index contributed by atoms with van der Waals surface area (Å²) in [6.07, 6.45) is 1.95. The molecule has 0 fully saturated rings. The molecular formula is C21H20BrN3O. The zero-order chi connectivity index (χ0) is 18.1. The SMILES string of the molecule is CC1CCc2c([nH]c3ccccc23)C2(N1)C(=O)N(C)c1ccc(Br)cc12. The molecule has 0 saturated carbocycles.